The Kier molecular flexibility index (Phi) is 8.85. The van der Waals surface area contributed by atoms with Crippen molar-refractivity contribution in [3.05, 3.63) is 29.3 Å². The number of amides is 1. The molecule has 1 amide bonds. The van der Waals surface area contributed by atoms with Gasteiger partial charge < -0.3 is 8.92 Å². The molecule has 9 nitrogen and oxygen atoms in total. The molecular weight excluding hydrogens is 460 g/mol. The minimum absolute atomic E-state index is 0.0183. The number of carbonyl (C=O) groups is 1. The third-order valence-electron chi connectivity index (χ3n) is 3.36. The molecule has 0 saturated carbocycles. The van der Waals surface area contributed by atoms with Gasteiger partial charge in [0.05, 0.1) is 12.9 Å². The number of ether oxygens (including phenoxy) is 1. The van der Waals surface area contributed by atoms with Crippen molar-refractivity contribution >= 4 is 50.5 Å². The van der Waals surface area contributed by atoms with Crippen LogP contribution >= 0.6 is 23.3 Å². The summed E-state index contributed by atoms with van der Waals surface area (Å²) in [5, 5.41) is 12.8. The lowest BCUT2D eigenvalue weighted by atomic mass is 10.1. The van der Waals surface area contributed by atoms with Gasteiger partial charge in [-0.25, -0.2) is 0 Å². The summed E-state index contributed by atoms with van der Waals surface area (Å²) in [6, 6.07) is 6.25. The van der Waals surface area contributed by atoms with Crippen molar-refractivity contribution in [2.75, 3.05) is 23.9 Å². The quantitative estimate of drug-likeness (QED) is 0.234. The molecule has 0 aliphatic heterocycles. The predicted molar refractivity (Wildman–Crippen MR) is 121 cm³/mol. The van der Waals surface area contributed by atoms with Crippen LogP contribution in [0.2, 0.25) is 0 Å². The van der Waals surface area contributed by atoms with Crippen LogP contribution in [-0.4, -0.2) is 42.3 Å². The van der Waals surface area contributed by atoms with Crippen molar-refractivity contribution in [3.8, 4) is 17.6 Å². The van der Waals surface area contributed by atoms with Crippen LogP contribution in [0.3, 0.4) is 0 Å². The number of thioether (sulfide) groups is 1. The molecule has 0 atom stereocenters. The largest absolute Gasteiger partial charge is 0.490 e. The second kappa shape index (κ2) is 11.1. The lowest BCUT2D eigenvalue weighted by molar-refractivity contribution is -0.112. The van der Waals surface area contributed by atoms with Crippen molar-refractivity contribution in [2.45, 2.75) is 25.9 Å². The van der Waals surface area contributed by atoms with Crippen LogP contribution in [0, 0.1) is 17.2 Å². The normalized spacial score (nSPS) is 11.8. The third kappa shape index (κ3) is 8.20. The molecule has 0 radical (unpaired) electrons. The molecule has 1 aromatic carbocycles. The molecule has 0 bridgehead atoms. The monoisotopic (exact) mass is 482 g/mol. The molecule has 0 fully saturated rings. The van der Waals surface area contributed by atoms with Gasteiger partial charge in [0.2, 0.25) is 10.3 Å². The first-order chi connectivity index (χ1) is 14.6. The van der Waals surface area contributed by atoms with E-state index in [0.717, 1.165) is 23.5 Å². The lowest BCUT2D eigenvalue weighted by Gasteiger charge is -2.11. The Morgan fingerprint density at radius 3 is 2.74 bits per heavy atom. The van der Waals surface area contributed by atoms with Gasteiger partial charge in [-0.15, -0.1) is 0 Å². The molecule has 166 valence electrons. The molecule has 0 spiro atoms. The van der Waals surface area contributed by atoms with Gasteiger partial charge in [0.1, 0.15) is 11.6 Å². The fourth-order valence-electron chi connectivity index (χ4n) is 2.15. The summed E-state index contributed by atoms with van der Waals surface area (Å²) in [7, 11) is -3.74. The smallest absolute Gasteiger partial charge is 0.306 e. The van der Waals surface area contributed by atoms with Gasteiger partial charge in [0.15, 0.2) is 11.5 Å². The Balaban J connectivity index is 2.19. The highest BCUT2D eigenvalue weighted by molar-refractivity contribution is 7.99. The fourth-order valence-corrected chi connectivity index (χ4v) is 4.11. The van der Waals surface area contributed by atoms with Gasteiger partial charge in [-0.1, -0.05) is 31.7 Å². The molecule has 12 heteroatoms. The van der Waals surface area contributed by atoms with Crippen LogP contribution in [0.25, 0.3) is 6.08 Å². The van der Waals surface area contributed by atoms with E-state index in [0.29, 0.717) is 21.8 Å². The molecule has 0 aliphatic carbocycles. The van der Waals surface area contributed by atoms with Crippen LogP contribution in [0.1, 0.15) is 26.3 Å². The third-order valence-corrected chi connectivity index (χ3v) is 5.86. The molecule has 0 aliphatic rings. The number of hydrogen-bond donors (Lipinski definition) is 1. The van der Waals surface area contributed by atoms with Crippen molar-refractivity contribution in [1.29, 1.82) is 5.26 Å². The fraction of sp³-hybridized carbons (Fsp3) is 0.368. The van der Waals surface area contributed by atoms with Gasteiger partial charge >= 0.3 is 10.1 Å². The Labute approximate surface area is 189 Å². The number of nitrogens with zero attached hydrogens (tertiary/aromatic N) is 3. The van der Waals surface area contributed by atoms with E-state index in [-0.39, 0.29) is 23.7 Å². The maximum atomic E-state index is 12.5. The van der Waals surface area contributed by atoms with Gasteiger partial charge in [-0.05, 0) is 36.6 Å². The van der Waals surface area contributed by atoms with Gasteiger partial charge in [-0.2, -0.15) is 23.0 Å². The second-order valence-corrected chi connectivity index (χ2v) is 9.95. The maximum absolute atomic E-state index is 12.5. The van der Waals surface area contributed by atoms with Crippen LogP contribution in [-0.2, 0) is 14.9 Å². The van der Waals surface area contributed by atoms with Gasteiger partial charge in [-0.3, -0.25) is 10.1 Å². The van der Waals surface area contributed by atoms with E-state index in [9.17, 15) is 18.5 Å². The Morgan fingerprint density at radius 2 is 2.13 bits per heavy atom. The van der Waals surface area contributed by atoms with Crippen LogP contribution in [0.4, 0.5) is 5.13 Å². The first-order valence-corrected chi connectivity index (χ1v) is 12.7. The van der Waals surface area contributed by atoms with E-state index in [1.807, 2.05) is 6.07 Å². The second-order valence-electron chi connectivity index (χ2n) is 6.64. The first-order valence-electron chi connectivity index (χ1n) is 9.17. The minimum Gasteiger partial charge on any atom is -0.490 e. The van der Waals surface area contributed by atoms with Crippen LogP contribution in [0.15, 0.2) is 28.9 Å². The molecule has 0 unspecified atom stereocenters. The van der Waals surface area contributed by atoms with Crippen LogP contribution in [0.5, 0.6) is 11.5 Å². The Morgan fingerprint density at radius 1 is 1.39 bits per heavy atom. The van der Waals surface area contributed by atoms with E-state index in [2.05, 4.69) is 28.5 Å². The maximum Gasteiger partial charge on any atom is 0.306 e. The van der Waals surface area contributed by atoms with Crippen LogP contribution < -0.4 is 14.2 Å². The molecule has 31 heavy (non-hydrogen) atoms. The number of hydrogen-bond acceptors (Lipinski definition) is 10. The van der Waals surface area contributed by atoms with E-state index in [1.165, 1.54) is 36.0 Å². The molecule has 2 rings (SSSR count). The minimum atomic E-state index is -3.74. The van der Waals surface area contributed by atoms with E-state index >= 15 is 0 Å². The molecule has 1 heterocycles. The number of aromatic nitrogens is 2. The standard InChI is InChI=1S/C19H22N4O5S3/c1-5-27-16-9-13(6-7-15(16)28-31(4,25)26)8-14(10-20)17(24)21-18-22-19(23-30-18)29-11-12(2)3/h6-9,12H,5,11H2,1-4H3,(H,21,22,23,24). The molecule has 1 N–H and O–H groups in total. The van der Waals surface area contributed by atoms with Gasteiger partial charge in [0.25, 0.3) is 5.91 Å². The highest BCUT2D eigenvalue weighted by Gasteiger charge is 2.15. The van der Waals surface area contributed by atoms with E-state index < -0.39 is 16.0 Å². The summed E-state index contributed by atoms with van der Waals surface area (Å²) in [6.45, 7) is 6.18. The number of nitriles is 1. The topological polar surface area (TPSA) is 131 Å². The Bertz CT molecular complexity index is 1100. The van der Waals surface area contributed by atoms with Crippen molar-refractivity contribution in [3.63, 3.8) is 0 Å². The number of nitrogens with one attached hydrogen (secondary N) is 1. The zero-order valence-corrected chi connectivity index (χ0v) is 19.9. The van der Waals surface area contributed by atoms with Gasteiger partial charge in [0, 0.05) is 17.3 Å². The summed E-state index contributed by atoms with van der Waals surface area (Å²) in [4.78, 5) is 16.7. The van der Waals surface area contributed by atoms with Crippen molar-refractivity contribution in [1.82, 2.24) is 9.36 Å². The summed E-state index contributed by atoms with van der Waals surface area (Å²) >= 11 is 2.53. The number of rotatable bonds is 10. The summed E-state index contributed by atoms with van der Waals surface area (Å²) in [5.74, 6) is 0.901. The number of benzene rings is 1. The van der Waals surface area contributed by atoms with E-state index in [4.69, 9.17) is 8.92 Å². The summed E-state index contributed by atoms with van der Waals surface area (Å²) in [6.07, 6.45) is 2.28. The highest BCUT2D eigenvalue weighted by Crippen LogP contribution is 2.30. The lowest BCUT2D eigenvalue weighted by Crippen LogP contribution is -2.13. The molecule has 2 aromatic rings. The number of carbonyl (C=O) groups excluding carboxylic acids is 1. The predicted octanol–water partition coefficient (Wildman–Crippen LogP) is 3.57. The molecule has 1 aromatic heterocycles. The van der Waals surface area contributed by atoms with E-state index in [1.54, 1.807) is 6.92 Å². The molecule has 0 saturated heterocycles. The SMILES string of the molecule is CCOc1cc(C=C(C#N)C(=O)Nc2nc(SCC(C)C)ns2)ccc1OS(C)(=O)=O. The summed E-state index contributed by atoms with van der Waals surface area (Å²) in [5.41, 5.74) is 0.298. The first kappa shape index (κ1) is 24.6. The van der Waals surface area contributed by atoms with Crippen molar-refractivity contribution < 1.29 is 22.1 Å². The van der Waals surface area contributed by atoms with Crippen molar-refractivity contribution in [2.24, 2.45) is 5.92 Å². The number of anilines is 1. The zero-order chi connectivity index (χ0) is 23.0. The molecular formula is C19H22N4O5S3. The highest BCUT2D eigenvalue weighted by atomic mass is 32.2. The average Bonchev–Trinajstić information content (AvgIpc) is 3.12. The average molecular weight is 483 g/mol. The summed E-state index contributed by atoms with van der Waals surface area (Å²) < 4.78 is 37.3. The zero-order valence-electron chi connectivity index (χ0n) is 17.4. The Hall–Kier alpha value is -2.62.